The van der Waals surface area contributed by atoms with Crippen molar-refractivity contribution in [3.8, 4) is 11.1 Å². The van der Waals surface area contributed by atoms with Crippen LogP contribution in [0.5, 0.6) is 0 Å². The van der Waals surface area contributed by atoms with Crippen molar-refractivity contribution in [3.63, 3.8) is 0 Å². The number of nitrogens with one attached hydrogen (secondary N) is 2. The molecule has 2 atom stereocenters. The van der Waals surface area contributed by atoms with Crippen LogP contribution in [-0.4, -0.2) is 46.7 Å². The third kappa shape index (κ3) is 6.45. The molecule has 4 N–H and O–H groups in total. The topological polar surface area (TPSA) is 98.7 Å². The van der Waals surface area contributed by atoms with Gasteiger partial charge in [-0.3, -0.25) is 9.59 Å². The predicted octanol–water partition coefficient (Wildman–Crippen LogP) is 2.78. The number of halogens is 4. The zero-order valence-electron chi connectivity index (χ0n) is 15.6. The van der Waals surface area contributed by atoms with Crippen molar-refractivity contribution >= 4 is 29.1 Å². The average molecular weight is 445 g/mol. The minimum absolute atomic E-state index is 0.194. The van der Waals surface area contributed by atoms with Crippen molar-refractivity contribution in [2.75, 3.05) is 17.7 Å². The van der Waals surface area contributed by atoms with Crippen LogP contribution in [0.2, 0.25) is 0 Å². The van der Waals surface area contributed by atoms with Crippen molar-refractivity contribution in [2.45, 2.75) is 24.8 Å². The first-order valence-electron chi connectivity index (χ1n) is 8.92. The highest BCUT2D eigenvalue weighted by Gasteiger charge is 2.31. The van der Waals surface area contributed by atoms with Crippen LogP contribution in [0.15, 0.2) is 48.5 Å². The normalized spacial score (nSPS) is 13.4. The van der Waals surface area contributed by atoms with Crippen LogP contribution in [-0.2, 0) is 15.8 Å². The van der Waals surface area contributed by atoms with E-state index in [9.17, 15) is 33.0 Å². The Morgan fingerprint density at radius 3 is 1.90 bits per heavy atom. The summed E-state index contributed by atoms with van der Waals surface area (Å²) in [6.07, 6.45) is -7.89. The molecule has 2 aromatic carbocycles. The van der Waals surface area contributed by atoms with Crippen molar-refractivity contribution in [1.82, 2.24) is 5.32 Å². The van der Waals surface area contributed by atoms with E-state index in [0.29, 0.717) is 23.4 Å². The van der Waals surface area contributed by atoms with Gasteiger partial charge in [-0.05, 0) is 41.8 Å². The lowest BCUT2D eigenvalue weighted by atomic mass is 10.0. The van der Waals surface area contributed by atoms with Gasteiger partial charge < -0.3 is 20.8 Å². The summed E-state index contributed by atoms with van der Waals surface area (Å²) in [7, 11) is 0. The molecule has 162 valence electrons. The fraction of sp³-hybridized carbons (Fsp3) is 0.300. The van der Waals surface area contributed by atoms with Crippen LogP contribution in [0, 0.1) is 0 Å². The van der Waals surface area contributed by atoms with Gasteiger partial charge in [-0.25, -0.2) is 0 Å². The summed E-state index contributed by atoms with van der Waals surface area (Å²) < 4.78 is 37.9. The van der Waals surface area contributed by atoms with Gasteiger partial charge in [0.2, 0.25) is 0 Å². The van der Waals surface area contributed by atoms with Crippen LogP contribution in [0.25, 0.3) is 11.1 Å². The zero-order chi connectivity index (χ0) is 22.3. The van der Waals surface area contributed by atoms with Crippen molar-refractivity contribution in [3.05, 3.63) is 54.1 Å². The molecule has 0 aromatic heterocycles. The molecule has 2 aromatic rings. The Bertz CT molecular complexity index is 858. The van der Waals surface area contributed by atoms with Crippen LogP contribution in [0.1, 0.15) is 12.0 Å². The first kappa shape index (κ1) is 23.7. The van der Waals surface area contributed by atoms with Crippen LogP contribution < -0.4 is 10.6 Å². The molecule has 6 nitrogen and oxygen atoms in total. The van der Waals surface area contributed by atoms with E-state index in [4.69, 9.17) is 11.6 Å². The molecule has 2 amide bonds. The largest absolute Gasteiger partial charge is 0.416 e. The molecule has 10 heteroatoms. The van der Waals surface area contributed by atoms with E-state index in [1.807, 2.05) is 0 Å². The van der Waals surface area contributed by atoms with Crippen LogP contribution in [0.3, 0.4) is 0 Å². The summed E-state index contributed by atoms with van der Waals surface area (Å²) in [4.78, 5) is 23.7. The molecule has 0 saturated heterocycles. The minimum atomic E-state index is -4.42. The molecule has 0 heterocycles. The predicted molar refractivity (Wildman–Crippen MR) is 106 cm³/mol. The lowest BCUT2D eigenvalue weighted by Crippen LogP contribution is -2.47. The van der Waals surface area contributed by atoms with Gasteiger partial charge >= 0.3 is 6.18 Å². The molecule has 0 bridgehead atoms. The standard InChI is InChI=1S/C20H20ClF3N2O4/c21-10-1-11-25-18(29)16(27)17(28)19(30)26-15-8-4-13(5-9-15)12-2-6-14(7-3-12)20(22,23)24/h2-9,16-17,27-28H,1,10-11H2,(H,25,29)(H,26,30)/t16-,17-/m1/s1. The summed E-state index contributed by atoms with van der Waals surface area (Å²) in [5.41, 5.74) is 0.671. The molecular weight excluding hydrogens is 425 g/mol. The zero-order valence-corrected chi connectivity index (χ0v) is 16.4. The summed E-state index contributed by atoms with van der Waals surface area (Å²) >= 11 is 5.47. The van der Waals surface area contributed by atoms with Gasteiger partial charge in [0, 0.05) is 18.1 Å². The highest BCUT2D eigenvalue weighted by Crippen LogP contribution is 2.31. The molecule has 0 aliphatic carbocycles. The highest BCUT2D eigenvalue weighted by molar-refractivity contribution is 6.17. The quantitative estimate of drug-likeness (QED) is 0.371. The van der Waals surface area contributed by atoms with Crippen LogP contribution >= 0.6 is 11.6 Å². The van der Waals surface area contributed by atoms with Gasteiger partial charge in [-0.2, -0.15) is 13.2 Å². The molecule has 0 spiro atoms. The number of benzene rings is 2. The van der Waals surface area contributed by atoms with Gasteiger partial charge in [0.25, 0.3) is 11.8 Å². The average Bonchev–Trinajstić information content (AvgIpc) is 2.72. The Labute approximate surface area is 175 Å². The molecule has 0 aliphatic heterocycles. The molecule has 0 aliphatic rings. The molecule has 0 fully saturated rings. The van der Waals surface area contributed by atoms with Gasteiger partial charge in [0.05, 0.1) is 5.56 Å². The Balaban J connectivity index is 1.98. The van der Waals surface area contributed by atoms with Crippen LogP contribution in [0.4, 0.5) is 18.9 Å². The number of aliphatic hydroxyl groups is 2. The molecule has 2 rings (SSSR count). The fourth-order valence-electron chi connectivity index (χ4n) is 2.48. The second kappa shape index (κ2) is 10.4. The monoisotopic (exact) mass is 444 g/mol. The second-order valence-corrected chi connectivity index (χ2v) is 6.74. The maximum atomic E-state index is 12.6. The Morgan fingerprint density at radius 1 is 0.900 bits per heavy atom. The van der Waals surface area contributed by atoms with E-state index >= 15 is 0 Å². The van der Waals surface area contributed by atoms with E-state index in [1.165, 1.54) is 24.3 Å². The van der Waals surface area contributed by atoms with Crippen molar-refractivity contribution in [2.24, 2.45) is 0 Å². The van der Waals surface area contributed by atoms with Gasteiger partial charge in [0.1, 0.15) is 0 Å². The number of carbonyl (C=O) groups excluding carboxylic acids is 2. The minimum Gasteiger partial charge on any atom is -0.380 e. The number of rotatable bonds is 8. The maximum absolute atomic E-state index is 12.6. The Kier molecular flexibility index (Phi) is 8.22. The number of alkyl halides is 4. The summed E-state index contributed by atoms with van der Waals surface area (Å²) in [5.74, 6) is -1.58. The molecule has 0 radical (unpaired) electrons. The lowest BCUT2D eigenvalue weighted by molar-refractivity contribution is -0.143. The lowest BCUT2D eigenvalue weighted by Gasteiger charge is -2.17. The van der Waals surface area contributed by atoms with E-state index in [-0.39, 0.29) is 12.2 Å². The Hall–Kier alpha value is -2.62. The summed E-state index contributed by atoms with van der Waals surface area (Å²) in [5, 5.41) is 24.3. The van der Waals surface area contributed by atoms with E-state index in [0.717, 1.165) is 12.1 Å². The third-order valence-corrected chi connectivity index (χ3v) is 4.41. The number of aliphatic hydroxyl groups excluding tert-OH is 2. The summed E-state index contributed by atoms with van der Waals surface area (Å²) in [6, 6.07) is 10.7. The van der Waals surface area contributed by atoms with Gasteiger partial charge in [0.15, 0.2) is 12.2 Å². The van der Waals surface area contributed by atoms with Crippen molar-refractivity contribution < 1.29 is 33.0 Å². The van der Waals surface area contributed by atoms with E-state index in [1.54, 1.807) is 12.1 Å². The molecule has 30 heavy (non-hydrogen) atoms. The Morgan fingerprint density at radius 2 is 1.40 bits per heavy atom. The van der Waals surface area contributed by atoms with Gasteiger partial charge in [-0.1, -0.05) is 24.3 Å². The number of hydrogen-bond donors (Lipinski definition) is 4. The number of anilines is 1. The maximum Gasteiger partial charge on any atom is 0.416 e. The second-order valence-electron chi connectivity index (χ2n) is 6.36. The smallest absolute Gasteiger partial charge is 0.380 e. The highest BCUT2D eigenvalue weighted by atomic mass is 35.5. The fourth-order valence-corrected chi connectivity index (χ4v) is 2.62. The van der Waals surface area contributed by atoms with E-state index < -0.39 is 35.8 Å². The number of amides is 2. The first-order chi connectivity index (χ1) is 14.1. The third-order valence-electron chi connectivity index (χ3n) is 4.14. The molecule has 0 saturated carbocycles. The molecule has 0 unspecified atom stereocenters. The number of carbonyl (C=O) groups is 2. The number of hydrogen-bond acceptors (Lipinski definition) is 4. The van der Waals surface area contributed by atoms with E-state index in [2.05, 4.69) is 10.6 Å². The van der Waals surface area contributed by atoms with Gasteiger partial charge in [-0.15, -0.1) is 11.6 Å². The summed E-state index contributed by atoms with van der Waals surface area (Å²) in [6.45, 7) is 0.194. The SMILES string of the molecule is O=C(NCCCCl)[C@H](O)[C@@H](O)C(=O)Nc1ccc(-c2ccc(C(F)(F)F)cc2)cc1. The molecular formula is C20H20ClF3N2O4. The first-order valence-corrected chi connectivity index (χ1v) is 9.45. The van der Waals surface area contributed by atoms with Crippen molar-refractivity contribution in [1.29, 1.82) is 0 Å².